The maximum absolute atomic E-state index is 13.4. The number of hydrogen-bond acceptors (Lipinski definition) is 4. The van der Waals surface area contributed by atoms with Crippen LogP contribution in [0.5, 0.6) is 0 Å². The summed E-state index contributed by atoms with van der Waals surface area (Å²) in [6.07, 6.45) is 14.0. The first-order valence-electron chi connectivity index (χ1n) is 10.3. The van der Waals surface area contributed by atoms with E-state index in [1.165, 1.54) is 11.1 Å². The molecule has 0 spiro atoms. The van der Waals surface area contributed by atoms with Crippen LogP contribution in [-0.4, -0.2) is 46.1 Å². The largest absolute Gasteiger partial charge is 0.501 e. The van der Waals surface area contributed by atoms with Crippen molar-refractivity contribution in [1.29, 1.82) is 0 Å². The number of carboxylic acid groups (broad SMARTS) is 1. The fraction of sp³-hybridized carbons (Fsp3) is 0.682. The van der Waals surface area contributed by atoms with Gasteiger partial charge in [-0.2, -0.15) is 0 Å². The minimum absolute atomic E-state index is 0.0214. The van der Waals surface area contributed by atoms with Crippen molar-refractivity contribution in [2.24, 2.45) is 5.92 Å². The molecule has 0 saturated heterocycles. The van der Waals surface area contributed by atoms with E-state index in [9.17, 15) is 9.00 Å². The number of aliphatic carboxylic acids is 1. The van der Waals surface area contributed by atoms with Crippen molar-refractivity contribution in [3.05, 3.63) is 35.1 Å². The van der Waals surface area contributed by atoms with Crippen LogP contribution in [0, 0.1) is 5.92 Å². The molecule has 0 radical (unpaired) electrons. The lowest BCUT2D eigenvalue weighted by Gasteiger charge is -2.32. The zero-order valence-corrected chi connectivity index (χ0v) is 17.7. The number of rotatable bonds is 7. The van der Waals surface area contributed by atoms with Crippen LogP contribution in [0.1, 0.15) is 57.8 Å². The highest BCUT2D eigenvalue weighted by Gasteiger charge is 2.34. The summed E-state index contributed by atoms with van der Waals surface area (Å²) >= 11 is 0. The van der Waals surface area contributed by atoms with Crippen molar-refractivity contribution in [2.75, 3.05) is 14.2 Å². The Morgan fingerprint density at radius 3 is 2.64 bits per heavy atom. The third-order valence-corrected chi connectivity index (χ3v) is 8.28. The van der Waals surface area contributed by atoms with E-state index in [0.717, 1.165) is 44.3 Å². The van der Waals surface area contributed by atoms with Gasteiger partial charge in [0.05, 0.1) is 25.4 Å². The molecular weight excluding hydrogens is 376 g/mol. The lowest BCUT2D eigenvalue weighted by molar-refractivity contribution is -0.137. The van der Waals surface area contributed by atoms with Crippen molar-refractivity contribution in [3.8, 4) is 0 Å². The maximum Gasteiger partial charge on any atom is 0.303 e. The Balaban J connectivity index is 1.64. The zero-order valence-electron chi connectivity index (χ0n) is 16.9. The maximum atomic E-state index is 13.4. The molecule has 0 aromatic rings. The minimum Gasteiger partial charge on any atom is -0.501 e. The van der Waals surface area contributed by atoms with E-state index in [-0.39, 0.29) is 22.8 Å². The number of allylic oxidation sites excluding steroid dienone is 5. The van der Waals surface area contributed by atoms with Gasteiger partial charge in [0.25, 0.3) is 0 Å². The molecule has 6 heteroatoms. The van der Waals surface area contributed by atoms with Gasteiger partial charge in [-0.3, -0.25) is 9.00 Å². The molecule has 28 heavy (non-hydrogen) atoms. The second-order valence-corrected chi connectivity index (χ2v) is 10.1. The van der Waals surface area contributed by atoms with Crippen LogP contribution < -0.4 is 0 Å². The molecule has 5 unspecified atom stereocenters. The number of carboxylic acids is 1. The first kappa shape index (κ1) is 21.3. The molecule has 156 valence electrons. The van der Waals surface area contributed by atoms with Crippen LogP contribution in [0.3, 0.4) is 0 Å². The highest BCUT2D eigenvalue weighted by molar-refractivity contribution is 7.86. The van der Waals surface area contributed by atoms with E-state index >= 15 is 0 Å². The van der Waals surface area contributed by atoms with Crippen LogP contribution in [0.15, 0.2) is 35.1 Å². The fourth-order valence-electron chi connectivity index (χ4n) is 4.66. The average Bonchev–Trinajstić information content (AvgIpc) is 2.72. The van der Waals surface area contributed by atoms with Gasteiger partial charge in [-0.25, -0.2) is 0 Å². The van der Waals surface area contributed by atoms with Crippen molar-refractivity contribution < 1.29 is 23.6 Å². The number of ether oxygens (including phenoxy) is 2. The molecule has 3 rings (SSSR count). The van der Waals surface area contributed by atoms with Gasteiger partial charge in [-0.05, 0) is 68.1 Å². The molecule has 0 saturated carbocycles. The molecule has 0 aromatic heterocycles. The summed E-state index contributed by atoms with van der Waals surface area (Å²) in [5.74, 6) is -0.131. The fourth-order valence-corrected chi connectivity index (χ4v) is 6.68. The second-order valence-electron chi connectivity index (χ2n) is 8.08. The molecule has 0 aromatic carbocycles. The van der Waals surface area contributed by atoms with Gasteiger partial charge >= 0.3 is 5.97 Å². The summed E-state index contributed by atoms with van der Waals surface area (Å²) in [5.41, 5.74) is 2.76. The molecule has 0 aliphatic heterocycles. The quantitative estimate of drug-likeness (QED) is 0.686. The van der Waals surface area contributed by atoms with Gasteiger partial charge in [0.2, 0.25) is 0 Å². The van der Waals surface area contributed by atoms with E-state index in [0.29, 0.717) is 18.9 Å². The summed E-state index contributed by atoms with van der Waals surface area (Å²) < 4.78 is 24.2. The Hall–Kier alpha value is -1.40. The third kappa shape index (κ3) is 5.35. The molecular formula is C22H32O5S. The summed E-state index contributed by atoms with van der Waals surface area (Å²) in [5, 5.41) is 9.27. The highest BCUT2D eigenvalue weighted by Crippen LogP contribution is 2.37. The van der Waals surface area contributed by atoms with E-state index in [1.807, 2.05) is 6.08 Å². The first-order chi connectivity index (χ1) is 13.5. The van der Waals surface area contributed by atoms with Crippen LogP contribution >= 0.6 is 0 Å². The molecule has 1 N–H and O–H groups in total. The van der Waals surface area contributed by atoms with E-state index in [4.69, 9.17) is 14.6 Å². The summed E-state index contributed by atoms with van der Waals surface area (Å²) in [6.45, 7) is 0. The van der Waals surface area contributed by atoms with Gasteiger partial charge in [0.1, 0.15) is 0 Å². The SMILES string of the molecule is COC1=CC(CC(=O)O)CC(S(=O)C2CCC=C(C3=CCC(OC)CC3)C2)C1. The van der Waals surface area contributed by atoms with E-state index in [1.54, 1.807) is 14.2 Å². The normalized spacial score (nSPS) is 32.0. The van der Waals surface area contributed by atoms with Gasteiger partial charge in [0.15, 0.2) is 0 Å². The second kappa shape index (κ2) is 9.88. The molecule has 0 bridgehead atoms. The first-order valence-corrected chi connectivity index (χ1v) is 11.5. The van der Waals surface area contributed by atoms with Crippen molar-refractivity contribution >= 4 is 16.8 Å². The monoisotopic (exact) mass is 408 g/mol. The standard InChI is InChI=1S/C22H32O5S/c1-26-18-8-6-16(7-9-18)17-4-3-5-20(13-17)28(25)21-11-15(12-22(23)24)10-19(14-21)27-2/h4,6,10,15,18,20-21H,3,5,7-9,11-14H2,1-2H3,(H,23,24). The van der Waals surface area contributed by atoms with Crippen molar-refractivity contribution in [2.45, 2.75) is 74.4 Å². The number of carbonyl (C=O) groups is 1. The molecule has 0 amide bonds. The summed E-state index contributed by atoms with van der Waals surface area (Å²) in [7, 11) is 2.39. The lowest BCUT2D eigenvalue weighted by atomic mass is 9.86. The predicted octanol–water partition coefficient (Wildman–Crippen LogP) is 4.12. The average molecular weight is 409 g/mol. The van der Waals surface area contributed by atoms with Crippen LogP contribution in [0.4, 0.5) is 0 Å². The van der Waals surface area contributed by atoms with Crippen LogP contribution in [0.2, 0.25) is 0 Å². The molecule has 5 atom stereocenters. The minimum atomic E-state index is -0.991. The third-order valence-electron chi connectivity index (χ3n) is 6.21. The smallest absolute Gasteiger partial charge is 0.303 e. The van der Waals surface area contributed by atoms with Crippen LogP contribution in [0.25, 0.3) is 0 Å². The molecule has 3 aliphatic rings. The van der Waals surface area contributed by atoms with Crippen molar-refractivity contribution in [1.82, 2.24) is 0 Å². The van der Waals surface area contributed by atoms with Gasteiger partial charge < -0.3 is 14.6 Å². The Morgan fingerprint density at radius 2 is 2.00 bits per heavy atom. The zero-order chi connectivity index (χ0) is 20.1. The Kier molecular flexibility index (Phi) is 7.52. The lowest BCUT2D eigenvalue weighted by Crippen LogP contribution is -2.33. The predicted molar refractivity (Wildman–Crippen MR) is 110 cm³/mol. The Labute approximate surface area is 170 Å². The van der Waals surface area contributed by atoms with Crippen LogP contribution in [-0.2, 0) is 25.1 Å². The van der Waals surface area contributed by atoms with Gasteiger partial charge in [-0.1, -0.05) is 12.2 Å². The number of methoxy groups -OCH3 is 2. The van der Waals surface area contributed by atoms with E-state index in [2.05, 4.69) is 12.2 Å². The molecule has 0 heterocycles. The Morgan fingerprint density at radius 1 is 1.18 bits per heavy atom. The molecule has 0 fully saturated rings. The summed E-state index contributed by atoms with van der Waals surface area (Å²) in [6, 6.07) is 0. The number of hydrogen-bond donors (Lipinski definition) is 1. The summed E-state index contributed by atoms with van der Waals surface area (Å²) in [4.78, 5) is 11.1. The van der Waals surface area contributed by atoms with Crippen molar-refractivity contribution in [3.63, 3.8) is 0 Å². The topological polar surface area (TPSA) is 72.8 Å². The molecule has 3 aliphatic carbocycles. The van der Waals surface area contributed by atoms with Gasteiger partial charge in [0, 0.05) is 34.8 Å². The Bertz CT molecular complexity index is 693. The molecule has 5 nitrogen and oxygen atoms in total. The van der Waals surface area contributed by atoms with Gasteiger partial charge in [-0.15, -0.1) is 0 Å². The highest BCUT2D eigenvalue weighted by atomic mass is 32.2. The van der Waals surface area contributed by atoms with E-state index < -0.39 is 16.8 Å².